The van der Waals surface area contributed by atoms with Crippen LogP contribution in [0.4, 0.5) is 5.69 Å². The third kappa shape index (κ3) is 4.56. The van der Waals surface area contributed by atoms with Gasteiger partial charge in [-0.2, -0.15) is 0 Å². The zero-order chi connectivity index (χ0) is 25.4. The fourth-order valence-electron chi connectivity index (χ4n) is 5.77. The normalized spacial score (nSPS) is 16.2. The van der Waals surface area contributed by atoms with Crippen molar-refractivity contribution in [2.45, 2.75) is 32.6 Å². The highest BCUT2D eigenvalue weighted by Crippen LogP contribution is 2.40. The third-order valence-electron chi connectivity index (χ3n) is 7.53. The van der Waals surface area contributed by atoms with Crippen molar-refractivity contribution in [3.05, 3.63) is 65.7 Å². The number of aromatic amines is 1. The zero-order valence-electron chi connectivity index (χ0n) is 22.0. The van der Waals surface area contributed by atoms with Crippen molar-refractivity contribution in [2.75, 3.05) is 40.1 Å². The fourth-order valence-corrected chi connectivity index (χ4v) is 5.77. The number of anilines is 1. The molecule has 0 spiro atoms. The van der Waals surface area contributed by atoms with Crippen molar-refractivity contribution in [3.63, 3.8) is 0 Å². The van der Waals surface area contributed by atoms with Gasteiger partial charge in [0, 0.05) is 28.7 Å². The number of rotatable bonds is 7. The largest absolute Gasteiger partial charge is 0.493 e. The van der Waals surface area contributed by atoms with Crippen LogP contribution in [0, 0.1) is 5.92 Å². The lowest BCUT2D eigenvalue weighted by Crippen LogP contribution is -2.15. The molecule has 5 rings (SSSR count). The van der Waals surface area contributed by atoms with Crippen LogP contribution in [0.25, 0.3) is 33.3 Å². The van der Waals surface area contributed by atoms with Crippen molar-refractivity contribution in [1.29, 1.82) is 0 Å². The summed E-state index contributed by atoms with van der Waals surface area (Å²) in [7, 11) is 5.55. The Morgan fingerprint density at radius 2 is 1.75 bits per heavy atom. The zero-order valence-corrected chi connectivity index (χ0v) is 22.0. The number of methoxy groups -OCH3 is 2. The van der Waals surface area contributed by atoms with Gasteiger partial charge in [0.1, 0.15) is 0 Å². The number of hydrogen-bond acceptors (Lipinski definition) is 4. The molecule has 3 N–H and O–H groups in total. The number of hydrogen-bond donors (Lipinski definition) is 2. The van der Waals surface area contributed by atoms with Crippen LogP contribution in [0.3, 0.4) is 0 Å². The highest BCUT2D eigenvalue weighted by Gasteiger charge is 2.22. The molecule has 1 aliphatic rings. The first kappa shape index (κ1) is 24.3. The molecular weight excluding hydrogens is 446 g/mol. The molecule has 1 fully saturated rings. The molecule has 1 aliphatic heterocycles. The molecule has 0 bridgehead atoms. The van der Waals surface area contributed by atoms with Crippen LogP contribution in [0.1, 0.15) is 37.3 Å². The monoisotopic (exact) mass is 483 g/mol. The van der Waals surface area contributed by atoms with Gasteiger partial charge in [0.05, 0.1) is 19.9 Å². The Labute approximate surface area is 214 Å². The Bertz CT molecular complexity index is 1390. The highest BCUT2D eigenvalue weighted by molar-refractivity contribution is 5.95. The molecule has 2 heterocycles. The van der Waals surface area contributed by atoms with Crippen LogP contribution in [-0.4, -0.2) is 44.2 Å². The maximum Gasteiger partial charge on any atom is 0.161 e. The summed E-state index contributed by atoms with van der Waals surface area (Å²) in [6, 6.07) is 19.3. The van der Waals surface area contributed by atoms with E-state index in [0.29, 0.717) is 11.8 Å². The molecule has 0 radical (unpaired) electrons. The Balaban J connectivity index is 1.60. The Kier molecular flexibility index (Phi) is 6.67. The van der Waals surface area contributed by atoms with Gasteiger partial charge in [0.15, 0.2) is 11.5 Å². The summed E-state index contributed by atoms with van der Waals surface area (Å²) < 4.78 is 11.0. The topological polar surface area (TPSA) is 63.5 Å². The predicted octanol–water partition coefficient (Wildman–Crippen LogP) is 6.72. The molecule has 188 valence electrons. The van der Waals surface area contributed by atoms with Crippen LogP contribution >= 0.6 is 0 Å². The van der Waals surface area contributed by atoms with Crippen molar-refractivity contribution in [3.8, 4) is 33.9 Å². The summed E-state index contributed by atoms with van der Waals surface area (Å²) in [5.41, 5.74) is 15.6. The van der Waals surface area contributed by atoms with Crippen molar-refractivity contribution in [2.24, 2.45) is 5.92 Å². The maximum atomic E-state index is 6.24. The molecule has 1 saturated heterocycles. The molecule has 0 amide bonds. The van der Waals surface area contributed by atoms with Crippen molar-refractivity contribution < 1.29 is 9.47 Å². The van der Waals surface area contributed by atoms with Gasteiger partial charge in [-0.15, -0.1) is 0 Å². The lowest BCUT2D eigenvalue weighted by molar-refractivity contribution is 0.355. The summed E-state index contributed by atoms with van der Waals surface area (Å²) in [6.07, 6.45) is 2.30. The van der Waals surface area contributed by atoms with Gasteiger partial charge < -0.3 is 25.1 Å². The lowest BCUT2D eigenvalue weighted by atomic mass is 9.90. The number of aromatic nitrogens is 1. The van der Waals surface area contributed by atoms with Gasteiger partial charge in [0.25, 0.3) is 0 Å². The third-order valence-corrected chi connectivity index (χ3v) is 7.53. The van der Waals surface area contributed by atoms with Crippen LogP contribution < -0.4 is 15.2 Å². The number of H-pyrrole nitrogens is 1. The van der Waals surface area contributed by atoms with E-state index < -0.39 is 0 Å². The van der Waals surface area contributed by atoms with Crippen LogP contribution in [0.15, 0.2) is 54.6 Å². The van der Waals surface area contributed by atoms with Gasteiger partial charge in [-0.25, -0.2) is 0 Å². The van der Waals surface area contributed by atoms with Crippen LogP contribution in [0.5, 0.6) is 11.5 Å². The SMILES string of the molecule is COc1ccc(-c2[nH]c3ccc(-c4ccc(N)cc4CC4CCN(C)C4)cc3c2C(C)C)cc1OC. The number of ether oxygens (including phenoxy) is 2. The number of nitrogens with one attached hydrogen (secondary N) is 1. The molecule has 5 heteroatoms. The molecule has 1 atom stereocenters. The average Bonchev–Trinajstić information content (AvgIpc) is 3.46. The Morgan fingerprint density at radius 3 is 2.44 bits per heavy atom. The van der Waals surface area contributed by atoms with Crippen LogP contribution in [0.2, 0.25) is 0 Å². The molecule has 5 nitrogen and oxygen atoms in total. The molecule has 4 aromatic rings. The predicted molar refractivity (Wildman–Crippen MR) is 150 cm³/mol. The van der Waals surface area contributed by atoms with E-state index in [1.807, 2.05) is 18.2 Å². The first-order valence-corrected chi connectivity index (χ1v) is 12.8. The molecule has 36 heavy (non-hydrogen) atoms. The second kappa shape index (κ2) is 9.90. The van der Waals surface area contributed by atoms with Gasteiger partial charge in [0.2, 0.25) is 0 Å². The fraction of sp³-hybridized carbons (Fsp3) is 0.355. The van der Waals surface area contributed by atoms with Crippen molar-refractivity contribution >= 4 is 16.6 Å². The molecule has 0 saturated carbocycles. The molecule has 1 aromatic heterocycles. The van der Waals surface area contributed by atoms with Crippen molar-refractivity contribution in [1.82, 2.24) is 9.88 Å². The Hall–Kier alpha value is -3.44. The Morgan fingerprint density at radius 1 is 0.972 bits per heavy atom. The summed E-state index contributed by atoms with van der Waals surface area (Å²) in [4.78, 5) is 6.12. The summed E-state index contributed by atoms with van der Waals surface area (Å²) >= 11 is 0. The number of nitrogens with zero attached hydrogens (tertiary/aromatic N) is 1. The first-order chi connectivity index (χ1) is 17.4. The number of nitrogen functional groups attached to an aromatic ring is 1. The van der Waals surface area contributed by atoms with Gasteiger partial charge >= 0.3 is 0 Å². The number of benzene rings is 3. The minimum Gasteiger partial charge on any atom is -0.493 e. The smallest absolute Gasteiger partial charge is 0.161 e. The summed E-state index contributed by atoms with van der Waals surface area (Å²) in [5.74, 6) is 2.48. The minimum atomic E-state index is 0.344. The molecule has 3 aromatic carbocycles. The average molecular weight is 484 g/mol. The summed E-state index contributed by atoms with van der Waals surface area (Å²) in [6.45, 7) is 6.83. The highest BCUT2D eigenvalue weighted by atomic mass is 16.5. The number of nitrogens with two attached hydrogens (primary N) is 1. The van der Waals surface area contributed by atoms with E-state index in [4.69, 9.17) is 15.2 Å². The second-order valence-electron chi connectivity index (χ2n) is 10.4. The van der Waals surface area contributed by atoms with E-state index >= 15 is 0 Å². The quantitative estimate of drug-likeness (QED) is 0.287. The number of likely N-dealkylation sites (tertiary alicyclic amines) is 1. The maximum absolute atomic E-state index is 6.24. The first-order valence-electron chi connectivity index (χ1n) is 12.8. The summed E-state index contributed by atoms with van der Waals surface area (Å²) in [5, 5.41) is 1.26. The van der Waals surface area contributed by atoms with Gasteiger partial charge in [-0.1, -0.05) is 26.0 Å². The van der Waals surface area contributed by atoms with E-state index in [1.54, 1.807) is 14.2 Å². The van der Waals surface area contributed by atoms with E-state index in [-0.39, 0.29) is 0 Å². The van der Waals surface area contributed by atoms with E-state index in [0.717, 1.165) is 46.9 Å². The minimum absolute atomic E-state index is 0.344. The lowest BCUT2D eigenvalue weighted by Gasteiger charge is -2.16. The van der Waals surface area contributed by atoms with E-state index in [2.05, 4.69) is 67.2 Å². The molecule has 1 unspecified atom stereocenters. The second-order valence-corrected chi connectivity index (χ2v) is 10.4. The van der Waals surface area contributed by atoms with Crippen LogP contribution in [-0.2, 0) is 6.42 Å². The number of fused-ring (bicyclic) bond motifs is 1. The van der Waals surface area contributed by atoms with Gasteiger partial charge in [-0.05, 0) is 103 Å². The molecule has 0 aliphatic carbocycles. The molecular formula is C31H37N3O2. The van der Waals surface area contributed by atoms with E-state index in [9.17, 15) is 0 Å². The van der Waals surface area contributed by atoms with E-state index in [1.165, 1.54) is 40.6 Å². The standard InChI is InChI=1S/C31H37N3O2/c1-19(2)30-26-16-21(25-9-8-24(32)15-23(25)14-20-12-13-34(3)18-20)6-10-27(26)33-31(30)22-7-11-28(35-4)29(17-22)36-5/h6-11,15-17,19-20,33H,12-14,18,32H2,1-5H3. The van der Waals surface area contributed by atoms with Gasteiger partial charge in [-0.3, -0.25) is 0 Å².